The van der Waals surface area contributed by atoms with Gasteiger partial charge in [-0.3, -0.25) is 4.90 Å². The fraction of sp³-hybridized carbons (Fsp3) is 0.286. The molecule has 1 aromatic heterocycles. The Morgan fingerprint density at radius 2 is 1.72 bits per heavy atom. The van der Waals surface area contributed by atoms with E-state index >= 15 is 0 Å². The number of nitrogens with zero attached hydrogens (tertiary/aromatic N) is 5. The van der Waals surface area contributed by atoms with E-state index in [1.165, 1.54) is 24.3 Å². The third-order valence-corrected chi connectivity index (χ3v) is 6.95. The zero-order valence-corrected chi connectivity index (χ0v) is 16.7. The Morgan fingerprint density at radius 1 is 1.00 bits per heavy atom. The lowest BCUT2D eigenvalue weighted by molar-refractivity contribution is 0.271. The number of rotatable bonds is 5. The molecule has 0 N–H and O–H groups in total. The number of nitriles is 1. The SMILES string of the molecule is N#Cc1ccc(S(=O)(=O)CCN2CCN(c3nncc4ccccc34)CC2)cc1. The van der Waals surface area contributed by atoms with Crippen molar-refractivity contribution in [3.05, 3.63) is 60.3 Å². The van der Waals surface area contributed by atoms with Crippen LogP contribution in [0.5, 0.6) is 0 Å². The predicted molar refractivity (Wildman–Crippen MR) is 111 cm³/mol. The van der Waals surface area contributed by atoms with Gasteiger partial charge in [0.25, 0.3) is 0 Å². The summed E-state index contributed by atoms with van der Waals surface area (Å²) < 4.78 is 25.1. The molecule has 4 rings (SSSR count). The van der Waals surface area contributed by atoms with Crippen molar-refractivity contribution in [2.75, 3.05) is 43.4 Å². The van der Waals surface area contributed by atoms with E-state index in [4.69, 9.17) is 5.26 Å². The molecule has 0 saturated carbocycles. The second kappa shape index (κ2) is 8.15. The molecule has 7 nitrogen and oxygen atoms in total. The standard InChI is InChI=1S/C21H21N5O2S/c22-15-17-5-7-19(8-6-17)29(27,28)14-13-25-9-11-26(12-10-25)21-20-4-2-1-3-18(20)16-23-24-21/h1-8,16H,9-14H2. The summed E-state index contributed by atoms with van der Waals surface area (Å²) in [5.41, 5.74) is 0.455. The number of fused-ring (bicyclic) bond motifs is 1. The third kappa shape index (κ3) is 4.21. The molecule has 0 aliphatic carbocycles. The number of hydrogen-bond donors (Lipinski definition) is 0. The number of sulfone groups is 1. The van der Waals surface area contributed by atoms with Crippen molar-refractivity contribution in [3.63, 3.8) is 0 Å². The highest BCUT2D eigenvalue weighted by atomic mass is 32.2. The smallest absolute Gasteiger partial charge is 0.179 e. The van der Waals surface area contributed by atoms with Gasteiger partial charge in [0, 0.05) is 43.5 Å². The summed E-state index contributed by atoms with van der Waals surface area (Å²) in [5.74, 6) is 0.945. The van der Waals surface area contributed by atoms with Gasteiger partial charge in [0.15, 0.2) is 15.7 Å². The molecule has 1 saturated heterocycles. The van der Waals surface area contributed by atoms with Crippen molar-refractivity contribution in [1.29, 1.82) is 5.26 Å². The Morgan fingerprint density at radius 3 is 2.45 bits per heavy atom. The first-order chi connectivity index (χ1) is 14.1. The van der Waals surface area contributed by atoms with Crippen LogP contribution in [-0.2, 0) is 9.84 Å². The van der Waals surface area contributed by atoms with Crippen LogP contribution in [0.2, 0.25) is 0 Å². The monoisotopic (exact) mass is 407 g/mol. The molecule has 29 heavy (non-hydrogen) atoms. The minimum absolute atomic E-state index is 0.0625. The van der Waals surface area contributed by atoms with Gasteiger partial charge in [0.05, 0.1) is 28.5 Å². The van der Waals surface area contributed by atoms with Crippen molar-refractivity contribution >= 4 is 26.4 Å². The summed E-state index contributed by atoms with van der Waals surface area (Å²) in [4.78, 5) is 4.64. The summed E-state index contributed by atoms with van der Waals surface area (Å²) in [6.07, 6.45) is 1.77. The lowest BCUT2D eigenvalue weighted by Gasteiger charge is -2.35. The first kappa shape index (κ1) is 19.3. The third-order valence-electron chi connectivity index (χ3n) is 5.24. The van der Waals surface area contributed by atoms with E-state index in [-0.39, 0.29) is 10.6 Å². The summed E-state index contributed by atoms with van der Waals surface area (Å²) in [5, 5.41) is 19.4. The van der Waals surface area contributed by atoms with Crippen LogP contribution in [0.3, 0.4) is 0 Å². The zero-order chi connectivity index (χ0) is 20.3. The normalized spacial score (nSPS) is 15.3. The van der Waals surface area contributed by atoms with E-state index in [2.05, 4.69) is 26.1 Å². The molecule has 0 radical (unpaired) electrons. The molecule has 0 unspecified atom stereocenters. The quantitative estimate of drug-likeness (QED) is 0.640. The van der Waals surface area contributed by atoms with Gasteiger partial charge in [-0.1, -0.05) is 24.3 Å². The van der Waals surface area contributed by atoms with Crippen molar-refractivity contribution < 1.29 is 8.42 Å². The molecule has 0 spiro atoms. The second-order valence-electron chi connectivity index (χ2n) is 7.04. The Hall–Kier alpha value is -3.02. The summed E-state index contributed by atoms with van der Waals surface area (Å²) in [6.45, 7) is 3.58. The minimum Gasteiger partial charge on any atom is -0.352 e. The van der Waals surface area contributed by atoms with Gasteiger partial charge < -0.3 is 4.90 Å². The molecule has 1 aliphatic heterocycles. The first-order valence-corrected chi connectivity index (χ1v) is 11.1. The summed E-state index contributed by atoms with van der Waals surface area (Å²) >= 11 is 0. The van der Waals surface area contributed by atoms with E-state index in [0.717, 1.165) is 42.8 Å². The van der Waals surface area contributed by atoms with Gasteiger partial charge in [0.1, 0.15) is 0 Å². The molecule has 0 atom stereocenters. The molecule has 0 amide bonds. The van der Waals surface area contributed by atoms with Crippen LogP contribution >= 0.6 is 0 Å². The van der Waals surface area contributed by atoms with Crippen molar-refractivity contribution in [1.82, 2.24) is 15.1 Å². The maximum Gasteiger partial charge on any atom is 0.179 e. The number of benzene rings is 2. The van der Waals surface area contributed by atoms with E-state index in [0.29, 0.717) is 12.1 Å². The van der Waals surface area contributed by atoms with Crippen LogP contribution in [0.15, 0.2) is 59.6 Å². The molecular formula is C21H21N5O2S. The Bertz CT molecular complexity index is 1140. The van der Waals surface area contributed by atoms with Crippen molar-refractivity contribution in [3.8, 4) is 6.07 Å². The number of anilines is 1. The highest BCUT2D eigenvalue weighted by Gasteiger charge is 2.22. The summed E-state index contributed by atoms with van der Waals surface area (Å²) in [7, 11) is -3.37. The minimum atomic E-state index is -3.37. The van der Waals surface area contributed by atoms with Crippen molar-refractivity contribution in [2.45, 2.75) is 4.90 Å². The second-order valence-corrected chi connectivity index (χ2v) is 9.15. The average Bonchev–Trinajstić information content (AvgIpc) is 2.78. The Balaban J connectivity index is 1.37. The molecule has 148 valence electrons. The largest absolute Gasteiger partial charge is 0.352 e. The van der Waals surface area contributed by atoms with Crippen LogP contribution < -0.4 is 4.90 Å². The highest BCUT2D eigenvalue weighted by molar-refractivity contribution is 7.91. The van der Waals surface area contributed by atoms with Crippen LogP contribution in [0, 0.1) is 11.3 Å². The van der Waals surface area contributed by atoms with E-state index in [1.807, 2.05) is 24.3 Å². The van der Waals surface area contributed by atoms with Gasteiger partial charge in [-0.25, -0.2) is 8.42 Å². The Labute approximate surface area is 170 Å². The van der Waals surface area contributed by atoms with Crippen LogP contribution in [0.4, 0.5) is 5.82 Å². The molecule has 2 heterocycles. The molecule has 1 aliphatic rings. The zero-order valence-electron chi connectivity index (χ0n) is 15.9. The Kier molecular flexibility index (Phi) is 5.43. The van der Waals surface area contributed by atoms with Gasteiger partial charge in [-0.05, 0) is 24.3 Å². The lowest BCUT2D eigenvalue weighted by Crippen LogP contribution is -2.48. The number of piperazine rings is 1. The average molecular weight is 407 g/mol. The van der Waals surface area contributed by atoms with Crippen molar-refractivity contribution in [2.24, 2.45) is 0 Å². The first-order valence-electron chi connectivity index (χ1n) is 9.47. The van der Waals surface area contributed by atoms with Gasteiger partial charge in [-0.15, -0.1) is 5.10 Å². The molecule has 0 bridgehead atoms. The van der Waals surface area contributed by atoms with Crippen LogP contribution in [-0.4, -0.2) is 62.0 Å². The van der Waals surface area contributed by atoms with E-state index in [1.54, 1.807) is 6.20 Å². The number of aromatic nitrogens is 2. The van der Waals surface area contributed by atoms with Crippen LogP contribution in [0.1, 0.15) is 5.56 Å². The highest BCUT2D eigenvalue weighted by Crippen LogP contribution is 2.24. The molecule has 8 heteroatoms. The fourth-order valence-corrected chi connectivity index (χ4v) is 4.82. The van der Waals surface area contributed by atoms with Gasteiger partial charge in [0.2, 0.25) is 0 Å². The summed E-state index contributed by atoms with van der Waals surface area (Å²) in [6, 6.07) is 16.1. The molecule has 3 aromatic rings. The number of hydrogen-bond acceptors (Lipinski definition) is 7. The maximum atomic E-state index is 12.6. The molecular weight excluding hydrogens is 386 g/mol. The molecule has 1 fully saturated rings. The topological polar surface area (TPSA) is 90.2 Å². The lowest BCUT2D eigenvalue weighted by atomic mass is 10.1. The van der Waals surface area contributed by atoms with Gasteiger partial charge >= 0.3 is 0 Å². The maximum absolute atomic E-state index is 12.6. The molecule has 2 aromatic carbocycles. The van der Waals surface area contributed by atoms with E-state index in [9.17, 15) is 8.42 Å². The van der Waals surface area contributed by atoms with E-state index < -0.39 is 9.84 Å². The van der Waals surface area contributed by atoms with Gasteiger partial charge in [-0.2, -0.15) is 10.4 Å². The van der Waals surface area contributed by atoms with Crippen LogP contribution in [0.25, 0.3) is 10.8 Å². The fourth-order valence-electron chi connectivity index (χ4n) is 3.53. The predicted octanol–water partition coefficient (Wildman–Crippen LogP) is 2.10.